The lowest BCUT2D eigenvalue weighted by Crippen LogP contribution is -2.45. The SMILES string of the molecule is CN=C(NCc1ccc(C(=O)OC)c(OC)c1)NCC1(C)CCCO1. The van der Waals surface area contributed by atoms with E-state index in [4.69, 9.17) is 14.2 Å². The molecule has 1 aliphatic heterocycles. The fourth-order valence-electron chi connectivity index (χ4n) is 2.78. The predicted octanol–water partition coefficient (Wildman–Crippen LogP) is 1.72. The number of hydrogen-bond donors (Lipinski definition) is 2. The second-order valence-electron chi connectivity index (χ2n) is 6.21. The molecule has 0 bridgehead atoms. The predicted molar refractivity (Wildman–Crippen MR) is 96.1 cm³/mol. The molecule has 0 aromatic heterocycles. The molecule has 7 nitrogen and oxygen atoms in total. The van der Waals surface area contributed by atoms with Crippen LogP contribution in [-0.2, 0) is 16.0 Å². The Kier molecular flexibility index (Phi) is 6.64. The third-order valence-corrected chi connectivity index (χ3v) is 4.29. The zero-order chi connectivity index (χ0) is 18.3. The summed E-state index contributed by atoms with van der Waals surface area (Å²) >= 11 is 0. The van der Waals surface area contributed by atoms with Crippen molar-refractivity contribution in [2.24, 2.45) is 4.99 Å². The van der Waals surface area contributed by atoms with Crippen LogP contribution in [0.4, 0.5) is 0 Å². The summed E-state index contributed by atoms with van der Waals surface area (Å²) in [6, 6.07) is 5.37. The number of guanidine groups is 1. The van der Waals surface area contributed by atoms with Crippen LogP contribution in [0.25, 0.3) is 0 Å². The molecule has 25 heavy (non-hydrogen) atoms. The maximum absolute atomic E-state index is 11.7. The molecule has 0 aliphatic carbocycles. The van der Waals surface area contributed by atoms with Crippen molar-refractivity contribution in [2.45, 2.75) is 31.9 Å². The smallest absolute Gasteiger partial charge is 0.341 e. The quantitative estimate of drug-likeness (QED) is 0.462. The number of rotatable bonds is 6. The zero-order valence-corrected chi connectivity index (χ0v) is 15.3. The summed E-state index contributed by atoms with van der Waals surface area (Å²) in [5.41, 5.74) is 1.24. The Morgan fingerprint density at radius 3 is 2.76 bits per heavy atom. The molecule has 1 saturated heterocycles. The monoisotopic (exact) mass is 349 g/mol. The maximum atomic E-state index is 11.7. The van der Waals surface area contributed by atoms with Crippen molar-refractivity contribution in [2.75, 3.05) is 34.4 Å². The fraction of sp³-hybridized carbons (Fsp3) is 0.556. The van der Waals surface area contributed by atoms with E-state index < -0.39 is 5.97 Å². The second kappa shape index (κ2) is 8.71. The van der Waals surface area contributed by atoms with Gasteiger partial charge in [-0.25, -0.2) is 4.79 Å². The van der Waals surface area contributed by atoms with Gasteiger partial charge in [0.25, 0.3) is 0 Å². The molecule has 2 rings (SSSR count). The number of benzene rings is 1. The van der Waals surface area contributed by atoms with Gasteiger partial charge in [-0.15, -0.1) is 0 Å². The number of nitrogens with zero attached hydrogens (tertiary/aromatic N) is 1. The van der Waals surface area contributed by atoms with Gasteiger partial charge in [-0.2, -0.15) is 0 Å². The molecule has 0 saturated carbocycles. The Morgan fingerprint density at radius 2 is 2.16 bits per heavy atom. The topological polar surface area (TPSA) is 81.2 Å². The summed E-state index contributed by atoms with van der Waals surface area (Å²) in [6.45, 7) is 4.18. The summed E-state index contributed by atoms with van der Waals surface area (Å²) in [5.74, 6) is 0.771. The van der Waals surface area contributed by atoms with Gasteiger partial charge in [0.15, 0.2) is 5.96 Å². The van der Waals surface area contributed by atoms with Gasteiger partial charge in [-0.05, 0) is 37.5 Å². The van der Waals surface area contributed by atoms with Gasteiger partial charge in [0.1, 0.15) is 11.3 Å². The Bertz CT molecular complexity index is 625. The first kappa shape index (κ1) is 19.1. The van der Waals surface area contributed by atoms with Crippen molar-refractivity contribution in [3.05, 3.63) is 29.3 Å². The van der Waals surface area contributed by atoms with E-state index in [9.17, 15) is 4.79 Å². The molecule has 0 amide bonds. The minimum Gasteiger partial charge on any atom is -0.496 e. The second-order valence-corrected chi connectivity index (χ2v) is 6.21. The molecular formula is C18H27N3O4. The van der Waals surface area contributed by atoms with Gasteiger partial charge in [-0.3, -0.25) is 4.99 Å². The van der Waals surface area contributed by atoms with Gasteiger partial charge < -0.3 is 24.8 Å². The van der Waals surface area contributed by atoms with Crippen LogP contribution in [0, 0.1) is 0 Å². The average molecular weight is 349 g/mol. The van der Waals surface area contributed by atoms with Gasteiger partial charge in [0.05, 0.1) is 19.8 Å². The standard InChI is InChI=1S/C18H27N3O4/c1-18(8-5-9-25-18)12-21-17(19-2)20-11-13-6-7-14(16(22)24-4)15(10-13)23-3/h6-7,10H,5,8-9,11-12H2,1-4H3,(H2,19,20,21). The maximum Gasteiger partial charge on any atom is 0.341 e. The van der Waals surface area contributed by atoms with Crippen molar-refractivity contribution >= 4 is 11.9 Å². The molecular weight excluding hydrogens is 322 g/mol. The Labute approximate surface area is 148 Å². The van der Waals surface area contributed by atoms with E-state index >= 15 is 0 Å². The molecule has 1 aromatic carbocycles. The van der Waals surface area contributed by atoms with Gasteiger partial charge in [0.2, 0.25) is 0 Å². The molecule has 1 unspecified atom stereocenters. The van der Waals surface area contributed by atoms with Gasteiger partial charge >= 0.3 is 5.97 Å². The molecule has 2 N–H and O–H groups in total. The summed E-state index contributed by atoms with van der Waals surface area (Å²) in [6.07, 6.45) is 2.14. The minimum absolute atomic E-state index is 0.136. The van der Waals surface area contributed by atoms with Crippen LogP contribution < -0.4 is 15.4 Å². The van der Waals surface area contributed by atoms with Crippen LogP contribution in [0.2, 0.25) is 0 Å². The molecule has 7 heteroatoms. The van der Waals surface area contributed by atoms with E-state index in [1.54, 1.807) is 13.1 Å². The Hall–Kier alpha value is -2.28. The number of ether oxygens (including phenoxy) is 3. The van der Waals surface area contributed by atoms with Crippen LogP contribution in [0.15, 0.2) is 23.2 Å². The number of aliphatic imine (C=N–C) groups is 1. The van der Waals surface area contributed by atoms with E-state index in [2.05, 4.69) is 22.5 Å². The minimum atomic E-state index is -0.418. The lowest BCUT2D eigenvalue weighted by molar-refractivity contribution is 0.0242. The average Bonchev–Trinajstić information content (AvgIpc) is 3.07. The van der Waals surface area contributed by atoms with Crippen molar-refractivity contribution in [1.82, 2.24) is 10.6 Å². The van der Waals surface area contributed by atoms with Crippen LogP contribution in [0.3, 0.4) is 0 Å². The number of nitrogens with one attached hydrogen (secondary N) is 2. The molecule has 138 valence electrons. The number of hydrogen-bond acceptors (Lipinski definition) is 5. The number of carbonyl (C=O) groups excluding carboxylic acids is 1. The van der Waals surface area contributed by atoms with E-state index in [0.717, 1.165) is 25.0 Å². The Morgan fingerprint density at radius 1 is 1.36 bits per heavy atom. The lowest BCUT2D eigenvalue weighted by atomic mass is 10.0. The van der Waals surface area contributed by atoms with Crippen molar-refractivity contribution in [1.29, 1.82) is 0 Å². The van der Waals surface area contributed by atoms with E-state index in [-0.39, 0.29) is 5.60 Å². The van der Waals surface area contributed by atoms with Crippen LogP contribution in [0.1, 0.15) is 35.7 Å². The number of methoxy groups -OCH3 is 2. The molecule has 0 spiro atoms. The first-order valence-electron chi connectivity index (χ1n) is 8.35. The normalized spacial score (nSPS) is 20.2. The van der Waals surface area contributed by atoms with Crippen molar-refractivity contribution in [3.8, 4) is 5.75 Å². The highest BCUT2D eigenvalue weighted by atomic mass is 16.5. The highest BCUT2D eigenvalue weighted by Gasteiger charge is 2.29. The van der Waals surface area contributed by atoms with Gasteiger partial charge in [0, 0.05) is 26.7 Å². The van der Waals surface area contributed by atoms with E-state index in [1.807, 2.05) is 12.1 Å². The van der Waals surface area contributed by atoms with Gasteiger partial charge in [-0.1, -0.05) is 6.07 Å². The summed E-state index contributed by atoms with van der Waals surface area (Å²) in [7, 11) is 4.61. The summed E-state index contributed by atoms with van der Waals surface area (Å²) < 4.78 is 15.8. The van der Waals surface area contributed by atoms with Crippen molar-refractivity contribution < 1.29 is 19.0 Å². The molecule has 1 fully saturated rings. The van der Waals surface area contributed by atoms with Crippen molar-refractivity contribution in [3.63, 3.8) is 0 Å². The third-order valence-electron chi connectivity index (χ3n) is 4.29. The zero-order valence-electron chi connectivity index (χ0n) is 15.3. The molecule has 1 atom stereocenters. The summed E-state index contributed by atoms with van der Waals surface area (Å²) in [5, 5.41) is 6.55. The third kappa shape index (κ3) is 5.09. The molecule has 1 aliphatic rings. The summed E-state index contributed by atoms with van der Waals surface area (Å²) in [4.78, 5) is 15.9. The number of esters is 1. The number of carbonyl (C=O) groups is 1. The van der Waals surface area contributed by atoms with Crippen LogP contribution >= 0.6 is 0 Å². The first-order chi connectivity index (χ1) is 12.0. The van der Waals surface area contributed by atoms with Crippen LogP contribution in [0.5, 0.6) is 5.75 Å². The molecule has 0 radical (unpaired) electrons. The largest absolute Gasteiger partial charge is 0.496 e. The molecule has 1 aromatic rings. The highest BCUT2D eigenvalue weighted by molar-refractivity contribution is 5.92. The van der Waals surface area contributed by atoms with E-state index in [0.29, 0.717) is 30.4 Å². The van der Waals surface area contributed by atoms with Crippen LogP contribution in [-0.4, -0.2) is 51.9 Å². The van der Waals surface area contributed by atoms with E-state index in [1.165, 1.54) is 14.2 Å². The Balaban J connectivity index is 1.93. The lowest BCUT2D eigenvalue weighted by Gasteiger charge is -2.24. The molecule has 1 heterocycles. The fourth-order valence-corrected chi connectivity index (χ4v) is 2.78. The first-order valence-corrected chi connectivity index (χ1v) is 8.35. The highest BCUT2D eigenvalue weighted by Crippen LogP contribution is 2.24.